The molecule has 4 nitrogen and oxygen atoms in total. The number of amides is 1. The van der Waals surface area contributed by atoms with Gasteiger partial charge in [0.15, 0.2) is 0 Å². The van der Waals surface area contributed by atoms with Crippen molar-refractivity contribution >= 4 is 17.2 Å². The van der Waals surface area contributed by atoms with Crippen molar-refractivity contribution in [2.45, 2.75) is 25.8 Å². The lowest BCUT2D eigenvalue weighted by Crippen LogP contribution is -2.40. The van der Waals surface area contributed by atoms with E-state index in [1.54, 1.807) is 0 Å². The SMILES string of the molecule is Cc1nc(C(=O)NC(CN)CCc2ccccc2)c(-c2ccccc2)s1. The third-order valence-corrected chi connectivity index (χ3v) is 5.25. The van der Waals surface area contributed by atoms with Gasteiger partial charge in [0.2, 0.25) is 0 Å². The predicted octanol–water partition coefficient (Wildman–Crippen LogP) is 3.81. The van der Waals surface area contributed by atoms with E-state index in [2.05, 4.69) is 22.4 Å². The van der Waals surface area contributed by atoms with E-state index in [1.807, 2.05) is 55.5 Å². The van der Waals surface area contributed by atoms with Crippen molar-refractivity contribution in [3.63, 3.8) is 0 Å². The Hall–Kier alpha value is -2.50. The third kappa shape index (κ3) is 4.56. The van der Waals surface area contributed by atoms with Gasteiger partial charge in [0.1, 0.15) is 5.69 Å². The van der Waals surface area contributed by atoms with Crippen LogP contribution in [0.4, 0.5) is 0 Å². The molecule has 1 aromatic heterocycles. The summed E-state index contributed by atoms with van der Waals surface area (Å²) >= 11 is 1.54. The van der Waals surface area contributed by atoms with Gasteiger partial charge in [-0.2, -0.15) is 0 Å². The van der Waals surface area contributed by atoms with Gasteiger partial charge in [0.25, 0.3) is 5.91 Å². The highest BCUT2D eigenvalue weighted by molar-refractivity contribution is 7.15. The van der Waals surface area contributed by atoms with E-state index in [0.29, 0.717) is 12.2 Å². The first-order valence-corrected chi connectivity index (χ1v) is 9.56. The van der Waals surface area contributed by atoms with Crippen molar-refractivity contribution in [1.29, 1.82) is 0 Å². The van der Waals surface area contributed by atoms with Gasteiger partial charge >= 0.3 is 0 Å². The maximum absolute atomic E-state index is 12.8. The van der Waals surface area contributed by atoms with E-state index in [-0.39, 0.29) is 11.9 Å². The number of thiazole rings is 1. The van der Waals surface area contributed by atoms with E-state index >= 15 is 0 Å². The van der Waals surface area contributed by atoms with Crippen LogP contribution in [0.3, 0.4) is 0 Å². The lowest BCUT2D eigenvalue weighted by atomic mass is 10.0. The van der Waals surface area contributed by atoms with Crippen molar-refractivity contribution in [2.75, 3.05) is 6.54 Å². The summed E-state index contributed by atoms with van der Waals surface area (Å²) in [6.07, 6.45) is 1.68. The molecule has 1 atom stereocenters. The van der Waals surface area contributed by atoms with E-state index in [1.165, 1.54) is 16.9 Å². The summed E-state index contributed by atoms with van der Waals surface area (Å²) in [5.41, 5.74) is 8.62. The zero-order valence-corrected chi connectivity index (χ0v) is 15.6. The van der Waals surface area contributed by atoms with Crippen LogP contribution in [0.2, 0.25) is 0 Å². The molecule has 0 aliphatic rings. The van der Waals surface area contributed by atoms with Gasteiger partial charge in [-0.1, -0.05) is 60.7 Å². The predicted molar refractivity (Wildman–Crippen MR) is 107 cm³/mol. The van der Waals surface area contributed by atoms with Crippen molar-refractivity contribution < 1.29 is 4.79 Å². The number of hydrogen-bond acceptors (Lipinski definition) is 4. The molecule has 3 rings (SSSR count). The Kier molecular flexibility index (Phi) is 6.15. The number of aryl methyl sites for hydroxylation is 2. The van der Waals surface area contributed by atoms with Crippen LogP contribution < -0.4 is 11.1 Å². The molecule has 0 radical (unpaired) electrons. The summed E-state index contributed by atoms with van der Waals surface area (Å²) in [6, 6.07) is 20.0. The van der Waals surface area contributed by atoms with Crippen LogP contribution in [0, 0.1) is 6.92 Å². The van der Waals surface area contributed by atoms with E-state index in [9.17, 15) is 4.79 Å². The van der Waals surface area contributed by atoms with E-state index in [0.717, 1.165) is 28.3 Å². The molecule has 1 unspecified atom stereocenters. The molecule has 134 valence electrons. The smallest absolute Gasteiger partial charge is 0.271 e. The van der Waals surface area contributed by atoms with Gasteiger partial charge in [0.05, 0.1) is 9.88 Å². The Bertz CT molecular complexity index is 846. The summed E-state index contributed by atoms with van der Waals surface area (Å²) in [6.45, 7) is 2.33. The second-order valence-electron chi connectivity index (χ2n) is 6.21. The lowest BCUT2D eigenvalue weighted by Gasteiger charge is -2.16. The van der Waals surface area contributed by atoms with Gasteiger partial charge in [-0.05, 0) is 30.9 Å². The Balaban J connectivity index is 1.71. The van der Waals surface area contributed by atoms with Gasteiger partial charge in [-0.15, -0.1) is 11.3 Å². The van der Waals surface area contributed by atoms with Crippen LogP contribution in [-0.2, 0) is 6.42 Å². The number of nitrogens with two attached hydrogens (primary N) is 1. The quantitative estimate of drug-likeness (QED) is 0.669. The van der Waals surface area contributed by atoms with Crippen LogP contribution in [0.25, 0.3) is 10.4 Å². The minimum absolute atomic E-state index is 0.0756. The summed E-state index contributed by atoms with van der Waals surface area (Å²) in [5.74, 6) is -0.156. The molecule has 0 fully saturated rings. The molecule has 0 aliphatic carbocycles. The summed E-state index contributed by atoms with van der Waals surface area (Å²) < 4.78 is 0. The van der Waals surface area contributed by atoms with Gasteiger partial charge < -0.3 is 11.1 Å². The first-order chi connectivity index (χ1) is 12.7. The fourth-order valence-corrected chi connectivity index (χ4v) is 3.78. The number of nitrogens with one attached hydrogen (secondary N) is 1. The Labute approximate surface area is 158 Å². The fourth-order valence-electron chi connectivity index (χ4n) is 2.85. The molecule has 5 heteroatoms. The molecule has 0 aliphatic heterocycles. The molecular formula is C21H23N3OS. The lowest BCUT2D eigenvalue weighted by molar-refractivity contribution is 0.0932. The average molecular weight is 366 g/mol. The molecule has 0 saturated heterocycles. The van der Waals surface area contributed by atoms with Crippen LogP contribution in [0.1, 0.15) is 27.5 Å². The number of carbonyl (C=O) groups is 1. The molecule has 3 aromatic rings. The minimum atomic E-state index is -0.156. The maximum atomic E-state index is 12.8. The van der Waals surface area contributed by atoms with Gasteiger partial charge in [-0.25, -0.2) is 4.98 Å². The van der Waals surface area contributed by atoms with Crippen molar-refractivity contribution in [1.82, 2.24) is 10.3 Å². The highest BCUT2D eigenvalue weighted by Crippen LogP contribution is 2.30. The molecule has 2 aromatic carbocycles. The Morgan fingerprint density at radius 3 is 2.42 bits per heavy atom. The number of carbonyl (C=O) groups excluding carboxylic acids is 1. The highest BCUT2D eigenvalue weighted by Gasteiger charge is 2.20. The standard InChI is InChI=1S/C21H23N3OS/c1-15-23-19(20(26-15)17-10-6-3-7-11-17)21(25)24-18(14-22)13-12-16-8-4-2-5-9-16/h2-11,18H,12-14,22H2,1H3,(H,24,25). The van der Waals surface area contributed by atoms with Gasteiger partial charge in [0, 0.05) is 12.6 Å². The van der Waals surface area contributed by atoms with Crippen molar-refractivity contribution in [3.05, 3.63) is 76.9 Å². The molecule has 1 heterocycles. The number of rotatable bonds is 7. The number of hydrogen-bond donors (Lipinski definition) is 2. The second kappa shape index (κ2) is 8.74. The molecule has 0 spiro atoms. The number of aromatic nitrogens is 1. The first-order valence-electron chi connectivity index (χ1n) is 8.75. The van der Waals surface area contributed by atoms with Crippen LogP contribution >= 0.6 is 11.3 Å². The van der Waals surface area contributed by atoms with Crippen molar-refractivity contribution in [3.8, 4) is 10.4 Å². The molecule has 26 heavy (non-hydrogen) atoms. The summed E-state index contributed by atoms with van der Waals surface area (Å²) in [5, 5.41) is 3.93. The number of nitrogens with zero attached hydrogens (tertiary/aromatic N) is 1. The maximum Gasteiger partial charge on any atom is 0.271 e. The highest BCUT2D eigenvalue weighted by atomic mass is 32.1. The summed E-state index contributed by atoms with van der Waals surface area (Å²) in [4.78, 5) is 18.2. The fraction of sp³-hybridized carbons (Fsp3) is 0.238. The van der Waals surface area contributed by atoms with Gasteiger partial charge in [-0.3, -0.25) is 4.79 Å². The molecular weight excluding hydrogens is 342 g/mol. The molecule has 3 N–H and O–H groups in total. The van der Waals surface area contributed by atoms with Crippen molar-refractivity contribution in [2.24, 2.45) is 5.73 Å². The molecule has 0 saturated carbocycles. The second-order valence-corrected chi connectivity index (χ2v) is 7.41. The normalized spacial score (nSPS) is 11.9. The Morgan fingerprint density at radius 2 is 1.77 bits per heavy atom. The zero-order valence-electron chi connectivity index (χ0n) is 14.8. The summed E-state index contributed by atoms with van der Waals surface area (Å²) in [7, 11) is 0. The number of benzene rings is 2. The van der Waals surface area contributed by atoms with Crippen LogP contribution in [0.15, 0.2) is 60.7 Å². The molecule has 0 bridgehead atoms. The van der Waals surface area contributed by atoms with Crippen LogP contribution in [0.5, 0.6) is 0 Å². The monoisotopic (exact) mass is 365 g/mol. The minimum Gasteiger partial charge on any atom is -0.347 e. The Morgan fingerprint density at radius 1 is 1.12 bits per heavy atom. The van der Waals surface area contributed by atoms with Crippen LogP contribution in [-0.4, -0.2) is 23.5 Å². The molecule has 1 amide bonds. The third-order valence-electron chi connectivity index (χ3n) is 4.23. The largest absolute Gasteiger partial charge is 0.347 e. The van der Waals surface area contributed by atoms with E-state index in [4.69, 9.17) is 5.73 Å². The zero-order chi connectivity index (χ0) is 18.4. The average Bonchev–Trinajstić information content (AvgIpc) is 3.08. The van der Waals surface area contributed by atoms with E-state index < -0.39 is 0 Å². The topological polar surface area (TPSA) is 68.0 Å². The first kappa shape index (κ1) is 18.3.